The van der Waals surface area contributed by atoms with Crippen molar-refractivity contribution in [2.24, 2.45) is 7.05 Å². The van der Waals surface area contributed by atoms with Gasteiger partial charge in [-0.3, -0.25) is 0 Å². The van der Waals surface area contributed by atoms with E-state index in [9.17, 15) is 4.79 Å². The van der Waals surface area contributed by atoms with Gasteiger partial charge in [0.1, 0.15) is 16.5 Å². The Morgan fingerprint density at radius 3 is 3.00 bits per heavy atom. The third kappa shape index (κ3) is 1.76. The van der Waals surface area contributed by atoms with Gasteiger partial charge in [0.15, 0.2) is 0 Å². The maximum absolute atomic E-state index is 11.6. The Morgan fingerprint density at radius 2 is 2.31 bits per heavy atom. The number of pyridine rings is 1. The summed E-state index contributed by atoms with van der Waals surface area (Å²) < 4.78 is 6.63. The monoisotopic (exact) mass is 238 g/mol. The van der Waals surface area contributed by atoms with Crippen LogP contribution in [0.2, 0.25) is 5.15 Å². The van der Waals surface area contributed by atoms with Gasteiger partial charge in [0.25, 0.3) is 0 Å². The Kier molecular flexibility index (Phi) is 2.83. The van der Waals surface area contributed by atoms with Gasteiger partial charge in [-0.05, 0) is 25.1 Å². The number of carbonyl (C=O) groups excluding carboxylic acids is 1. The Balaban J connectivity index is 2.56. The molecule has 0 radical (unpaired) electrons. The second-order valence-electron chi connectivity index (χ2n) is 3.36. The Morgan fingerprint density at radius 1 is 1.56 bits per heavy atom. The molecular weight excluding hydrogens is 228 g/mol. The van der Waals surface area contributed by atoms with Crippen LogP contribution in [0.4, 0.5) is 0 Å². The highest BCUT2D eigenvalue weighted by Gasteiger charge is 2.14. The van der Waals surface area contributed by atoms with Gasteiger partial charge in [-0.25, -0.2) is 9.78 Å². The van der Waals surface area contributed by atoms with Gasteiger partial charge in [0.05, 0.1) is 6.61 Å². The number of aryl methyl sites for hydroxylation is 1. The molecular formula is C11H11ClN2O2. The van der Waals surface area contributed by atoms with Crippen molar-refractivity contribution in [1.29, 1.82) is 0 Å². The van der Waals surface area contributed by atoms with Gasteiger partial charge < -0.3 is 9.30 Å². The largest absolute Gasteiger partial charge is 0.461 e. The minimum atomic E-state index is -0.348. The summed E-state index contributed by atoms with van der Waals surface area (Å²) in [5.74, 6) is -0.348. The third-order valence-electron chi connectivity index (χ3n) is 2.33. The van der Waals surface area contributed by atoms with Crippen LogP contribution in [-0.4, -0.2) is 22.1 Å². The molecule has 2 heterocycles. The molecule has 0 aliphatic carbocycles. The average molecular weight is 239 g/mol. The van der Waals surface area contributed by atoms with Crippen LogP contribution < -0.4 is 0 Å². The standard InChI is InChI=1S/C11H11ClN2O2/c1-3-16-11(15)8-6-7-4-5-9(12)13-10(7)14(8)2/h4-6H,3H2,1-2H3. The quantitative estimate of drug-likeness (QED) is 0.596. The van der Waals surface area contributed by atoms with E-state index in [4.69, 9.17) is 16.3 Å². The molecule has 0 aliphatic heterocycles. The van der Waals surface area contributed by atoms with Crippen molar-refractivity contribution >= 4 is 28.6 Å². The zero-order valence-corrected chi connectivity index (χ0v) is 9.78. The first-order chi connectivity index (χ1) is 7.63. The summed E-state index contributed by atoms with van der Waals surface area (Å²) in [7, 11) is 1.76. The van der Waals surface area contributed by atoms with E-state index in [2.05, 4.69) is 4.98 Å². The van der Waals surface area contributed by atoms with Crippen molar-refractivity contribution < 1.29 is 9.53 Å². The lowest BCUT2D eigenvalue weighted by Gasteiger charge is -2.02. The van der Waals surface area contributed by atoms with Crippen LogP contribution in [0.5, 0.6) is 0 Å². The van der Waals surface area contributed by atoms with E-state index < -0.39 is 0 Å². The molecule has 0 amide bonds. The van der Waals surface area contributed by atoms with Crippen LogP contribution >= 0.6 is 11.6 Å². The average Bonchev–Trinajstić information content (AvgIpc) is 2.57. The topological polar surface area (TPSA) is 44.1 Å². The first-order valence-electron chi connectivity index (χ1n) is 4.92. The molecule has 0 aromatic carbocycles. The maximum Gasteiger partial charge on any atom is 0.355 e. The van der Waals surface area contributed by atoms with Crippen LogP contribution in [0.3, 0.4) is 0 Å². The molecule has 0 fully saturated rings. The summed E-state index contributed by atoms with van der Waals surface area (Å²) >= 11 is 5.80. The van der Waals surface area contributed by atoms with Crippen molar-refractivity contribution in [2.45, 2.75) is 6.92 Å². The normalized spacial score (nSPS) is 10.7. The SMILES string of the molecule is CCOC(=O)c1cc2ccc(Cl)nc2n1C. The Labute approximate surface area is 97.8 Å². The van der Waals surface area contributed by atoms with Crippen molar-refractivity contribution in [2.75, 3.05) is 6.61 Å². The smallest absolute Gasteiger partial charge is 0.355 e. The second-order valence-corrected chi connectivity index (χ2v) is 3.74. The molecule has 0 unspecified atom stereocenters. The van der Waals surface area contributed by atoms with Gasteiger partial charge >= 0.3 is 5.97 Å². The highest BCUT2D eigenvalue weighted by Crippen LogP contribution is 2.19. The minimum Gasteiger partial charge on any atom is -0.461 e. The molecule has 0 N–H and O–H groups in total. The summed E-state index contributed by atoms with van der Waals surface area (Å²) in [5.41, 5.74) is 1.15. The van der Waals surface area contributed by atoms with Gasteiger partial charge in [0, 0.05) is 12.4 Å². The zero-order valence-electron chi connectivity index (χ0n) is 9.03. The van der Waals surface area contributed by atoms with E-state index in [-0.39, 0.29) is 5.97 Å². The molecule has 0 spiro atoms. The summed E-state index contributed by atoms with van der Waals surface area (Å²) in [6, 6.07) is 5.27. The van der Waals surface area contributed by atoms with Crippen LogP contribution in [0, 0.1) is 0 Å². The lowest BCUT2D eigenvalue weighted by molar-refractivity contribution is 0.0516. The molecule has 4 nitrogen and oxygen atoms in total. The van der Waals surface area contributed by atoms with Crippen LogP contribution in [-0.2, 0) is 11.8 Å². The van der Waals surface area contributed by atoms with E-state index in [0.717, 1.165) is 5.39 Å². The summed E-state index contributed by atoms with van der Waals surface area (Å²) in [5, 5.41) is 1.28. The lowest BCUT2D eigenvalue weighted by atomic mass is 10.3. The van der Waals surface area contributed by atoms with Crippen molar-refractivity contribution in [1.82, 2.24) is 9.55 Å². The molecule has 0 aliphatic rings. The third-order valence-corrected chi connectivity index (χ3v) is 2.54. The van der Waals surface area contributed by atoms with Crippen molar-refractivity contribution in [3.05, 3.63) is 29.0 Å². The molecule has 0 saturated carbocycles. The predicted molar refractivity (Wildman–Crippen MR) is 61.7 cm³/mol. The molecule has 0 saturated heterocycles. The van der Waals surface area contributed by atoms with Crippen LogP contribution in [0.15, 0.2) is 18.2 Å². The first kappa shape index (κ1) is 11.0. The first-order valence-corrected chi connectivity index (χ1v) is 5.30. The van der Waals surface area contributed by atoms with Gasteiger partial charge in [0.2, 0.25) is 0 Å². The Bertz CT molecular complexity index is 548. The van der Waals surface area contributed by atoms with Crippen LogP contribution in [0.1, 0.15) is 17.4 Å². The molecule has 2 aromatic rings. The Hall–Kier alpha value is -1.55. The van der Waals surface area contributed by atoms with Gasteiger partial charge in [-0.2, -0.15) is 0 Å². The number of carbonyl (C=O) groups is 1. The number of rotatable bonds is 2. The molecule has 0 bridgehead atoms. The maximum atomic E-state index is 11.6. The van der Waals surface area contributed by atoms with Crippen molar-refractivity contribution in [3.8, 4) is 0 Å². The number of ether oxygens (including phenoxy) is 1. The predicted octanol–water partition coefficient (Wildman–Crippen LogP) is 2.40. The molecule has 0 atom stereocenters. The number of aromatic nitrogens is 2. The van der Waals surface area contributed by atoms with E-state index in [1.807, 2.05) is 6.07 Å². The molecule has 84 valence electrons. The van der Waals surface area contributed by atoms with E-state index in [1.165, 1.54) is 0 Å². The van der Waals surface area contributed by atoms with Gasteiger partial charge in [-0.1, -0.05) is 11.6 Å². The number of halogens is 1. The van der Waals surface area contributed by atoms with E-state index in [0.29, 0.717) is 23.1 Å². The molecule has 2 rings (SSSR count). The van der Waals surface area contributed by atoms with Crippen molar-refractivity contribution in [3.63, 3.8) is 0 Å². The number of nitrogens with zero attached hydrogens (tertiary/aromatic N) is 2. The fourth-order valence-corrected chi connectivity index (χ4v) is 1.72. The highest BCUT2D eigenvalue weighted by molar-refractivity contribution is 6.29. The number of fused-ring (bicyclic) bond motifs is 1. The lowest BCUT2D eigenvalue weighted by Crippen LogP contribution is -2.09. The summed E-state index contributed by atoms with van der Waals surface area (Å²) in [4.78, 5) is 15.8. The zero-order chi connectivity index (χ0) is 11.7. The molecule has 16 heavy (non-hydrogen) atoms. The van der Waals surface area contributed by atoms with Crippen LogP contribution in [0.25, 0.3) is 11.0 Å². The van der Waals surface area contributed by atoms with E-state index >= 15 is 0 Å². The summed E-state index contributed by atoms with van der Waals surface area (Å²) in [6.07, 6.45) is 0. The fourth-order valence-electron chi connectivity index (χ4n) is 1.58. The molecule has 5 heteroatoms. The molecule has 2 aromatic heterocycles. The number of hydrogen-bond donors (Lipinski definition) is 0. The summed E-state index contributed by atoms with van der Waals surface area (Å²) in [6.45, 7) is 2.13. The van der Waals surface area contributed by atoms with E-state index in [1.54, 1.807) is 30.7 Å². The second kappa shape index (κ2) is 4.14. The number of esters is 1. The highest BCUT2D eigenvalue weighted by atomic mass is 35.5. The minimum absolute atomic E-state index is 0.348. The fraction of sp³-hybridized carbons (Fsp3) is 0.273. The van der Waals surface area contributed by atoms with Gasteiger partial charge in [-0.15, -0.1) is 0 Å². The number of hydrogen-bond acceptors (Lipinski definition) is 3.